The Morgan fingerprint density at radius 1 is 1.21 bits per heavy atom. The lowest BCUT2D eigenvalue weighted by Gasteiger charge is -1.96. The summed E-state index contributed by atoms with van der Waals surface area (Å²) in [5.74, 6) is 3.46. The van der Waals surface area contributed by atoms with E-state index < -0.39 is 5.63 Å². The highest BCUT2D eigenvalue weighted by atomic mass is 16.4. The highest BCUT2D eigenvalue weighted by Gasteiger charge is 2.01. The number of benzene rings is 1. The number of rotatable bonds is 0. The van der Waals surface area contributed by atoms with Gasteiger partial charge in [0.15, 0.2) is 0 Å². The Hall–Kier alpha value is -1.85. The minimum atomic E-state index is -0.536. The Bertz CT molecular complexity index is 477. The molecule has 0 saturated heterocycles. The third kappa shape index (κ3) is 1.90. The highest BCUT2D eigenvalue weighted by Crippen LogP contribution is 2.20. The highest BCUT2D eigenvalue weighted by molar-refractivity contribution is 5.82. The molecule has 2 rings (SSSR count). The lowest BCUT2D eigenvalue weighted by Crippen LogP contribution is -1.94. The van der Waals surface area contributed by atoms with Crippen LogP contribution in [-0.4, -0.2) is 10.3 Å². The number of aromatic hydroxyl groups is 1. The van der Waals surface area contributed by atoms with Crippen molar-refractivity contribution in [1.29, 1.82) is 0 Å². The standard InChI is InChI=1S/C9H6O3.H3NO/c10-7-5-9(11)12-8-4-2-1-3-6(7)8;1-2/h1-5,10H;2H,1H2. The van der Waals surface area contributed by atoms with Crippen molar-refractivity contribution in [3.63, 3.8) is 0 Å². The van der Waals surface area contributed by atoms with Crippen LogP contribution in [-0.2, 0) is 0 Å². The number of hydrogen-bond donors (Lipinski definition) is 3. The van der Waals surface area contributed by atoms with Crippen molar-refractivity contribution in [2.24, 2.45) is 5.90 Å². The van der Waals surface area contributed by atoms with E-state index in [0.29, 0.717) is 11.0 Å². The first-order valence-electron chi connectivity index (χ1n) is 3.75. The van der Waals surface area contributed by atoms with Crippen LogP contribution in [0.2, 0.25) is 0 Å². The molecule has 5 nitrogen and oxygen atoms in total. The van der Waals surface area contributed by atoms with Crippen molar-refractivity contribution in [1.82, 2.24) is 0 Å². The minimum absolute atomic E-state index is 0.0400. The molecule has 1 aromatic heterocycles. The van der Waals surface area contributed by atoms with E-state index in [-0.39, 0.29) is 5.75 Å². The lowest BCUT2D eigenvalue weighted by atomic mass is 10.2. The summed E-state index contributed by atoms with van der Waals surface area (Å²) < 4.78 is 4.83. The Kier molecular flexibility index (Phi) is 3.22. The summed E-state index contributed by atoms with van der Waals surface area (Å²) >= 11 is 0. The van der Waals surface area contributed by atoms with Gasteiger partial charge < -0.3 is 14.7 Å². The molecule has 1 aromatic carbocycles. The van der Waals surface area contributed by atoms with Crippen LogP contribution in [0.3, 0.4) is 0 Å². The zero-order valence-electron chi connectivity index (χ0n) is 7.18. The summed E-state index contributed by atoms with van der Waals surface area (Å²) in [4.78, 5) is 10.8. The predicted octanol–water partition coefficient (Wildman–Crippen LogP) is 0.833. The third-order valence-electron chi connectivity index (χ3n) is 1.63. The molecule has 0 unspecified atom stereocenters. The Morgan fingerprint density at radius 2 is 1.86 bits per heavy atom. The summed E-state index contributed by atoms with van der Waals surface area (Å²) in [5.41, 5.74) is -0.131. The van der Waals surface area contributed by atoms with Gasteiger partial charge in [-0.05, 0) is 12.1 Å². The summed E-state index contributed by atoms with van der Waals surface area (Å²) in [6.45, 7) is 0. The quantitative estimate of drug-likeness (QED) is 0.427. The molecule has 2 aromatic rings. The fourth-order valence-electron chi connectivity index (χ4n) is 1.09. The van der Waals surface area contributed by atoms with Crippen LogP contribution in [0.4, 0.5) is 0 Å². The van der Waals surface area contributed by atoms with Gasteiger partial charge in [0.25, 0.3) is 0 Å². The van der Waals surface area contributed by atoms with E-state index in [1.807, 2.05) is 0 Å². The first-order valence-corrected chi connectivity index (χ1v) is 3.75. The van der Waals surface area contributed by atoms with Crippen molar-refractivity contribution in [2.45, 2.75) is 0 Å². The van der Waals surface area contributed by atoms with Gasteiger partial charge >= 0.3 is 5.63 Å². The van der Waals surface area contributed by atoms with Gasteiger partial charge in [-0.1, -0.05) is 12.1 Å². The van der Waals surface area contributed by atoms with Gasteiger partial charge in [0.05, 0.1) is 11.5 Å². The largest absolute Gasteiger partial charge is 0.507 e. The molecule has 0 radical (unpaired) electrons. The van der Waals surface area contributed by atoms with E-state index in [4.69, 9.17) is 9.62 Å². The van der Waals surface area contributed by atoms with Gasteiger partial charge in [-0.2, -0.15) is 0 Å². The van der Waals surface area contributed by atoms with Crippen LogP contribution in [0, 0.1) is 0 Å². The second-order valence-electron chi connectivity index (χ2n) is 2.45. The second kappa shape index (κ2) is 4.40. The van der Waals surface area contributed by atoms with Crippen LogP contribution >= 0.6 is 0 Å². The Labute approximate surface area is 79.0 Å². The molecule has 1 heterocycles. The molecule has 0 saturated carbocycles. The summed E-state index contributed by atoms with van der Waals surface area (Å²) in [6.07, 6.45) is 0. The average molecular weight is 195 g/mol. The summed E-state index contributed by atoms with van der Waals surface area (Å²) in [5, 5.41) is 16.3. The van der Waals surface area contributed by atoms with Crippen molar-refractivity contribution in [2.75, 3.05) is 0 Å². The van der Waals surface area contributed by atoms with Crippen LogP contribution in [0.5, 0.6) is 5.75 Å². The fraction of sp³-hybridized carbons (Fsp3) is 0. The summed E-state index contributed by atoms with van der Waals surface area (Å²) in [6, 6.07) is 7.89. The predicted molar refractivity (Wildman–Crippen MR) is 50.1 cm³/mol. The number of hydrogen-bond acceptors (Lipinski definition) is 5. The monoisotopic (exact) mass is 195 g/mol. The van der Waals surface area contributed by atoms with E-state index >= 15 is 0 Å². The molecule has 0 aliphatic carbocycles. The molecule has 0 fully saturated rings. The normalized spacial score (nSPS) is 9.29. The molecule has 5 heteroatoms. The molecule has 4 N–H and O–H groups in total. The molecule has 0 aliphatic rings. The molecule has 0 spiro atoms. The second-order valence-corrected chi connectivity index (χ2v) is 2.45. The van der Waals surface area contributed by atoms with Gasteiger partial charge in [-0.3, -0.25) is 0 Å². The van der Waals surface area contributed by atoms with E-state index in [9.17, 15) is 9.90 Å². The van der Waals surface area contributed by atoms with Gasteiger partial charge in [0.1, 0.15) is 11.3 Å². The lowest BCUT2D eigenvalue weighted by molar-refractivity contribution is 0.311. The van der Waals surface area contributed by atoms with Crippen LogP contribution in [0.25, 0.3) is 11.0 Å². The van der Waals surface area contributed by atoms with Gasteiger partial charge in [0.2, 0.25) is 0 Å². The first-order chi connectivity index (χ1) is 6.77. The molecule has 0 bridgehead atoms. The third-order valence-corrected chi connectivity index (χ3v) is 1.63. The van der Waals surface area contributed by atoms with Gasteiger partial charge in [-0.25, -0.2) is 10.7 Å². The van der Waals surface area contributed by atoms with E-state index in [0.717, 1.165) is 6.07 Å². The van der Waals surface area contributed by atoms with Crippen molar-refractivity contribution >= 4 is 11.0 Å². The first kappa shape index (κ1) is 10.2. The maximum absolute atomic E-state index is 10.8. The number of fused-ring (bicyclic) bond motifs is 1. The van der Waals surface area contributed by atoms with Crippen molar-refractivity contribution in [3.05, 3.63) is 40.8 Å². The molecule has 14 heavy (non-hydrogen) atoms. The summed E-state index contributed by atoms with van der Waals surface area (Å²) in [7, 11) is 0. The minimum Gasteiger partial charge on any atom is -0.507 e. The van der Waals surface area contributed by atoms with Crippen LogP contribution in [0.15, 0.2) is 39.5 Å². The fourth-order valence-corrected chi connectivity index (χ4v) is 1.09. The SMILES string of the molecule is NO.O=c1cc(O)c2ccccc2o1. The van der Waals surface area contributed by atoms with Crippen molar-refractivity contribution < 1.29 is 14.7 Å². The molecule has 74 valence electrons. The van der Waals surface area contributed by atoms with Crippen LogP contribution < -0.4 is 11.5 Å². The number of nitrogens with two attached hydrogens (primary N) is 1. The van der Waals surface area contributed by atoms with E-state index in [2.05, 4.69) is 5.90 Å². The molecule has 0 amide bonds. The smallest absolute Gasteiger partial charge is 0.339 e. The van der Waals surface area contributed by atoms with Crippen LogP contribution in [0.1, 0.15) is 0 Å². The van der Waals surface area contributed by atoms with Crippen molar-refractivity contribution in [3.8, 4) is 5.75 Å². The zero-order chi connectivity index (χ0) is 10.6. The Balaban J connectivity index is 0.000000461. The maximum atomic E-state index is 10.8. The Morgan fingerprint density at radius 3 is 2.57 bits per heavy atom. The van der Waals surface area contributed by atoms with Gasteiger partial charge in [-0.15, -0.1) is 0 Å². The van der Waals surface area contributed by atoms with E-state index in [1.54, 1.807) is 24.3 Å². The average Bonchev–Trinajstić information content (AvgIpc) is 2.20. The van der Waals surface area contributed by atoms with Gasteiger partial charge in [0, 0.05) is 0 Å². The molecular weight excluding hydrogens is 186 g/mol. The zero-order valence-corrected chi connectivity index (χ0v) is 7.18. The van der Waals surface area contributed by atoms with E-state index in [1.165, 1.54) is 0 Å². The topological polar surface area (TPSA) is 96.7 Å². The molecular formula is C9H9NO4. The molecule has 0 aliphatic heterocycles. The number of para-hydroxylation sites is 1. The maximum Gasteiger partial charge on any atom is 0.339 e. The molecule has 0 atom stereocenters.